The number of benzene rings is 2. The minimum absolute atomic E-state index is 0.192. The van der Waals surface area contributed by atoms with Gasteiger partial charge < -0.3 is 0 Å². The first-order valence-corrected chi connectivity index (χ1v) is 7.00. The van der Waals surface area contributed by atoms with Crippen LogP contribution in [0.15, 0.2) is 48.5 Å². The Balaban J connectivity index is 2.41. The van der Waals surface area contributed by atoms with Gasteiger partial charge in [-0.1, -0.05) is 56.1 Å². The quantitative estimate of drug-likeness (QED) is 0.676. The van der Waals surface area contributed by atoms with E-state index in [0.29, 0.717) is 5.92 Å². The summed E-state index contributed by atoms with van der Waals surface area (Å²) in [5, 5.41) is 0.741. The molecule has 0 aliphatic carbocycles. The van der Waals surface area contributed by atoms with Crippen molar-refractivity contribution < 1.29 is 4.39 Å². The molecule has 2 heteroatoms. The third-order valence-corrected chi connectivity index (χ3v) is 3.92. The predicted molar refractivity (Wildman–Crippen MR) is 79.2 cm³/mol. The lowest BCUT2D eigenvalue weighted by atomic mass is 9.80. The Labute approximate surface area is 119 Å². The number of rotatable bonds is 4. The van der Waals surface area contributed by atoms with Crippen LogP contribution in [0.2, 0.25) is 5.02 Å². The van der Waals surface area contributed by atoms with Gasteiger partial charge in [0, 0.05) is 10.9 Å². The highest BCUT2D eigenvalue weighted by atomic mass is 35.5. The molecule has 0 aromatic heterocycles. The fourth-order valence-corrected chi connectivity index (χ4v) is 2.55. The summed E-state index contributed by atoms with van der Waals surface area (Å²) in [7, 11) is 0. The first-order valence-electron chi connectivity index (χ1n) is 6.62. The molecule has 0 radical (unpaired) electrons. The van der Waals surface area contributed by atoms with Crippen molar-refractivity contribution in [2.24, 2.45) is 5.92 Å². The molecule has 0 bridgehead atoms. The van der Waals surface area contributed by atoms with Crippen LogP contribution in [-0.2, 0) is 0 Å². The summed E-state index contributed by atoms with van der Waals surface area (Å²) in [5.41, 5.74) is 2.38. The fraction of sp³-hybridized carbons (Fsp3) is 0.294. The van der Waals surface area contributed by atoms with Crippen LogP contribution in [0.4, 0.5) is 4.39 Å². The summed E-state index contributed by atoms with van der Waals surface area (Å²) in [6.45, 7) is 4.40. The number of halogens is 2. The summed E-state index contributed by atoms with van der Waals surface area (Å²) in [4.78, 5) is 0. The van der Waals surface area contributed by atoms with Gasteiger partial charge in [0.1, 0.15) is 5.82 Å². The van der Waals surface area contributed by atoms with Crippen LogP contribution < -0.4 is 0 Å². The van der Waals surface area contributed by atoms with Crippen LogP contribution in [0.1, 0.15) is 37.3 Å². The van der Waals surface area contributed by atoms with Crippen LogP contribution >= 0.6 is 11.6 Å². The maximum absolute atomic E-state index is 13.1. The molecule has 0 saturated carbocycles. The van der Waals surface area contributed by atoms with E-state index in [-0.39, 0.29) is 11.7 Å². The van der Waals surface area contributed by atoms with Gasteiger partial charge in [0.2, 0.25) is 0 Å². The first-order chi connectivity index (χ1) is 9.11. The van der Waals surface area contributed by atoms with Gasteiger partial charge in [-0.3, -0.25) is 0 Å². The van der Waals surface area contributed by atoms with Crippen LogP contribution in [0.3, 0.4) is 0 Å². The van der Waals surface area contributed by atoms with E-state index in [1.54, 1.807) is 0 Å². The third-order valence-electron chi connectivity index (χ3n) is 3.67. The molecule has 2 aromatic carbocycles. The lowest BCUT2D eigenvalue weighted by Gasteiger charge is -2.24. The predicted octanol–water partition coefficient (Wildman–Crippen LogP) is 5.66. The molecule has 2 rings (SSSR count). The second kappa shape index (κ2) is 6.21. The van der Waals surface area contributed by atoms with E-state index in [0.717, 1.165) is 17.0 Å². The van der Waals surface area contributed by atoms with Gasteiger partial charge in [-0.2, -0.15) is 0 Å². The molecule has 0 spiro atoms. The zero-order valence-electron chi connectivity index (χ0n) is 11.2. The molecule has 0 N–H and O–H groups in total. The van der Waals surface area contributed by atoms with Gasteiger partial charge in [-0.05, 0) is 41.3 Å². The van der Waals surface area contributed by atoms with Crippen molar-refractivity contribution in [1.82, 2.24) is 0 Å². The maximum atomic E-state index is 13.1. The minimum Gasteiger partial charge on any atom is -0.207 e. The topological polar surface area (TPSA) is 0 Å². The summed E-state index contributed by atoms with van der Waals surface area (Å²) >= 11 is 5.95. The van der Waals surface area contributed by atoms with Gasteiger partial charge in [0.25, 0.3) is 0 Å². The molecule has 0 aliphatic heterocycles. The monoisotopic (exact) mass is 276 g/mol. The molecule has 0 nitrogen and oxygen atoms in total. The SMILES string of the molecule is CCC(C)C(c1ccc(F)cc1)c1ccc(Cl)cc1. The van der Waals surface area contributed by atoms with E-state index in [1.165, 1.54) is 17.7 Å². The Morgan fingerprint density at radius 2 is 1.42 bits per heavy atom. The van der Waals surface area contributed by atoms with Gasteiger partial charge in [0.15, 0.2) is 0 Å². The van der Waals surface area contributed by atoms with Crippen LogP contribution in [0.5, 0.6) is 0 Å². The highest BCUT2D eigenvalue weighted by Crippen LogP contribution is 2.34. The van der Waals surface area contributed by atoms with Crippen molar-refractivity contribution in [1.29, 1.82) is 0 Å². The average molecular weight is 277 g/mol. The van der Waals surface area contributed by atoms with Crippen LogP contribution in [0.25, 0.3) is 0 Å². The standard InChI is InChI=1S/C17H18ClF/c1-3-12(2)17(13-4-8-15(18)9-5-13)14-6-10-16(19)11-7-14/h4-12,17H,3H2,1-2H3. The molecule has 0 saturated heterocycles. The van der Waals surface area contributed by atoms with Crippen molar-refractivity contribution in [2.45, 2.75) is 26.2 Å². The van der Waals surface area contributed by atoms with Crippen molar-refractivity contribution in [3.05, 3.63) is 70.5 Å². The van der Waals surface area contributed by atoms with Crippen molar-refractivity contribution in [3.8, 4) is 0 Å². The Morgan fingerprint density at radius 1 is 0.947 bits per heavy atom. The van der Waals surface area contributed by atoms with Crippen molar-refractivity contribution in [2.75, 3.05) is 0 Å². The summed E-state index contributed by atoms with van der Waals surface area (Å²) in [5.74, 6) is 0.581. The number of hydrogen-bond acceptors (Lipinski definition) is 0. The Hall–Kier alpha value is -1.34. The summed E-state index contributed by atoms with van der Waals surface area (Å²) < 4.78 is 13.1. The number of hydrogen-bond donors (Lipinski definition) is 0. The maximum Gasteiger partial charge on any atom is 0.123 e. The molecule has 0 heterocycles. The smallest absolute Gasteiger partial charge is 0.123 e. The van der Waals surface area contributed by atoms with Crippen LogP contribution in [0, 0.1) is 11.7 Å². The molecule has 2 unspecified atom stereocenters. The molecule has 0 amide bonds. The minimum atomic E-state index is -0.192. The summed E-state index contributed by atoms with van der Waals surface area (Å²) in [6, 6.07) is 14.7. The van der Waals surface area contributed by atoms with E-state index < -0.39 is 0 Å². The molecule has 2 atom stereocenters. The second-order valence-electron chi connectivity index (χ2n) is 4.97. The first kappa shape index (κ1) is 14.1. The zero-order valence-corrected chi connectivity index (χ0v) is 12.0. The molecule has 0 aliphatic rings. The Morgan fingerprint density at radius 3 is 1.89 bits per heavy atom. The van der Waals surface area contributed by atoms with Crippen molar-refractivity contribution in [3.63, 3.8) is 0 Å². The average Bonchev–Trinajstić information content (AvgIpc) is 2.43. The highest BCUT2D eigenvalue weighted by molar-refractivity contribution is 6.30. The Kier molecular flexibility index (Phi) is 4.60. The van der Waals surface area contributed by atoms with E-state index in [4.69, 9.17) is 11.6 Å². The van der Waals surface area contributed by atoms with Crippen LogP contribution in [-0.4, -0.2) is 0 Å². The lowest BCUT2D eigenvalue weighted by Crippen LogP contribution is -2.10. The molecule has 19 heavy (non-hydrogen) atoms. The Bertz CT molecular complexity index is 470. The lowest BCUT2D eigenvalue weighted by molar-refractivity contribution is 0.495. The fourth-order valence-electron chi connectivity index (χ4n) is 2.43. The van der Waals surface area contributed by atoms with Gasteiger partial charge >= 0.3 is 0 Å². The van der Waals surface area contributed by atoms with E-state index in [2.05, 4.69) is 26.0 Å². The molecular formula is C17H18ClF. The molecule has 0 fully saturated rings. The van der Waals surface area contributed by atoms with E-state index >= 15 is 0 Å². The van der Waals surface area contributed by atoms with Gasteiger partial charge in [0.05, 0.1) is 0 Å². The van der Waals surface area contributed by atoms with E-state index in [1.807, 2.05) is 24.3 Å². The van der Waals surface area contributed by atoms with Crippen molar-refractivity contribution >= 4 is 11.6 Å². The largest absolute Gasteiger partial charge is 0.207 e. The molecular weight excluding hydrogens is 259 g/mol. The summed E-state index contributed by atoms with van der Waals surface area (Å²) in [6.07, 6.45) is 1.07. The van der Waals surface area contributed by atoms with E-state index in [9.17, 15) is 4.39 Å². The zero-order chi connectivity index (χ0) is 13.8. The normalized spacial score (nSPS) is 14.1. The molecule has 100 valence electrons. The van der Waals surface area contributed by atoms with Gasteiger partial charge in [-0.15, -0.1) is 0 Å². The van der Waals surface area contributed by atoms with Gasteiger partial charge in [-0.25, -0.2) is 4.39 Å². The third kappa shape index (κ3) is 3.36. The highest BCUT2D eigenvalue weighted by Gasteiger charge is 2.20. The second-order valence-corrected chi connectivity index (χ2v) is 5.40. The molecule has 2 aromatic rings.